The number of nitrogens with zero attached hydrogens (tertiary/aromatic N) is 2. The normalized spacial score (nSPS) is 19.8. The van der Waals surface area contributed by atoms with Gasteiger partial charge in [0.15, 0.2) is 6.30 Å². The molecular weight excluding hydrogens is 324 g/mol. The Labute approximate surface area is 145 Å². The summed E-state index contributed by atoms with van der Waals surface area (Å²) in [6.45, 7) is 0.611. The van der Waals surface area contributed by atoms with E-state index in [0.29, 0.717) is 24.2 Å². The summed E-state index contributed by atoms with van der Waals surface area (Å²) in [5.74, 6) is -0.735. The first kappa shape index (κ1) is 17.2. The van der Waals surface area contributed by atoms with Crippen molar-refractivity contribution in [2.45, 2.75) is 19.1 Å². The Morgan fingerprint density at radius 1 is 1.32 bits per heavy atom. The van der Waals surface area contributed by atoms with Crippen LogP contribution >= 0.6 is 0 Å². The number of alkyl halides is 1. The van der Waals surface area contributed by atoms with Crippen molar-refractivity contribution in [1.29, 1.82) is 0 Å². The van der Waals surface area contributed by atoms with Gasteiger partial charge in [-0.05, 0) is 37.7 Å². The van der Waals surface area contributed by atoms with Crippen LogP contribution in [0.1, 0.15) is 28.9 Å². The summed E-state index contributed by atoms with van der Waals surface area (Å²) in [5.41, 5.74) is 1.71. The summed E-state index contributed by atoms with van der Waals surface area (Å²) >= 11 is 0. The molecule has 0 saturated carbocycles. The average molecular weight is 343 g/mol. The number of hydrogen-bond donors (Lipinski definition) is 1. The van der Waals surface area contributed by atoms with E-state index in [1.807, 2.05) is 0 Å². The molecule has 3 rings (SSSR count). The first-order valence-electron chi connectivity index (χ1n) is 8.09. The number of aromatic nitrogens is 1. The lowest BCUT2D eigenvalue weighted by atomic mass is 10.0. The molecule has 1 aliphatic heterocycles. The Morgan fingerprint density at radius 2 is 2.08 bits per heavy atom. The minimum Gasteiger partial charge on any atom is -0.306 e. The highest BCUT2D eigenvalue weighted by Crippen LogP contribution is 2.24. The van der Waals surface area contributed by atoms with E-state index in [0.717, 1.165) is 11.6 Å². The third kappa shape index (κ3) is 4.48. The molecule has 130 valence electrons. The summed E-state index contributed by atoms with van der Waals surface area (Å²) in [4.78, 5) is 18.1. The predicted octanol–water partition coefficient (Wildman–Crippen LogP) is 3.88. The standard InChI is InChI=1S/C19H19F2N3O/c1-24-8-7-13(10-17(24)21)9-16-11-15(20)12-18(22-16)23-19(25)14-5-3-2-4-6-14/h2-6,9,11-12,17H,7-8,10H2,1H3,(H,22,23,25)/b13-9+. The molecule has 0 radical (unpaired) electrons. The summed E-state index contributed by atoms with van der Waals surface area (Å²) in [7, 11) is 1.74. The lowest BCUT2D eigenvalue weighted by molar-refractivity contribution is 0.0930. The maximum absolute atomic E-state index is 13.9. The Bertz CT molecular complexity index is 793. The zero-order valence-electron chi connectivity index (χ0n) is 13.9. The number of anilines is 1. The maximum atomic E-state index is 13.9. The number of nitrogens with one attached hydrogen (secondary N) is 1. The summed E-state index contributed by atoms with van der Waals surface area (Å²) in [6.07, 6.45) is 1.65. The minimum atomic E-state index is -1.04. The molecule has 1 fully saturated rings. The lowest BCUT2D eigenvalue weighted by Crippen LogP contribution is -2.33. The van der Waals surface area contributed by atoms with E-state index in [9.17, 15) is 13.6 Å². The molecule has 1 amide bonds. The molecule has 0 bridgehead atoms. The number of benzene rings is 1. The van der Waals surface area contributed by atoms with Crippen LogP contribution in [-0.2, 0) is 0 Å². The van der Waals surface area contributed by atoms with Gasteiger partial charge in [0.05, 0.1) is 5.69 Å². The first-order valence-corrected chi connectivity index (χ1v) is 8.09. The van der Waals surface area contributed by atoms with Gasteiger partial charge in [-0.25, -0.2) is 13.8 Å². The number of halogens is 2. The van der Waals surface area contributed by atoms with Crippen LogP contribution in [0, 0.1) is 5.82 Å². The van der Waals surface area contributed by atoms with E-state index in [2.05, 4.69) is 10.3 Å². The third-order valence-corrected chi connectivity index (χ3v) is 4.13. The average Bonchev–Trinajstić information content (AvgIpc) is 2.58. The lowest BCUT2D eigenvalue weighted by Gasteiger charge is -2.28. The van der Waals surface area contributed by atoms with Gasteiger partial charge < -0.3 is 5.32 Å². The zero-order chi connectivity index (χ0) is 17.8. The number of pyridine rings is 1. The maximum Gasteiger partial charge on any atom is 0.256 e. The Balaban J connectivity index is 1.78. The molecule has 4 nitrogen and oxygen atoms in total. The van der Waals surface area contributed by atoms with Gasteiger partial charge in [-0.15, -0.1) is 0 Å². The highest BCUT2D eigenvalue weighted by atomic mass is 19.1. The van der Waals surface area contributed by atoms with Gasteiger partial charge in [-0.2, -0.15) is 0 Å². The fraction of sp³-hybridized carbons (Fsp3) is 0.263. The number of piperidine rings is 1. The highest BCUT2D eigenvalue weighted by Gasteiger charge is 2.21. The SMILES string of the molecule is CN1CC/C(=C\c2cc(F)cc(NC(=O)c3ccccc3)n2)CC1F. The highest BCUT2D eigenvalue weighted by molar-refractivity contribution is 6.03. The van der Waals surface area contributed by atoms with Crippen molar-refractivity contribution in [2.24, 2.45) is 0 Å². The van der Waals surface area contributed by atoms with E-state index in [-0.39, 0.29) is 18.1 Å². The molecule has 25 heavy (non-hydrogen) atoms. The second kappa shape index (κ2) is 7.53. The quantitative estimate of drug-likeness (QED) is 0.861. The van der Waals surface area contributed by atoms with Gasteiger partial charge in [0.1, 0.15) is 11.6 Å². The van der Waals surface area contributed by atoms with Gasteiger partial charge >= 0.3 is 0 Å². The molecule has 1 unspecified atom stereocenters. The van der Waals surface area contributed by atoms with Crippen molar-refractivity contribution in [3.05, 3.63) is 65.1 Å². The van der Waals surface area contributed by atoms with Gasteiger partial charge in [0, 0.05) is 24.6 Å². The van der Waals surface area contributed by atoms with Crippen LogP contribution in [-0.4, -0.2) is 35.7 Å². The number of rotatable bonds is 3. The molecule has 1 N–H and O–H groups in total. The molecule has 0 aliphatic carbocycles. The van der Waals surface area contributed by atoms with Crippen molar-refractivity contribution in [1.82, 2.24) is 9.88 Å². The summed E-state index contributed by atoms with van der Waals surface area (Å²) in [5, 5.41) is 2.59. The molecule has 2 heterocycles. The number of carbonyl (C=O) groups excluding carboxylic acids is 1. The number of amides is 1. The summed E-state index contributed by atoms with van der Waals surface area (Å²) in [6, 6.07) is 11.1. The van der Waals surface area contributed by atoms with Crippen molar-refractivity contribution >= 4 is 17.8 Å². The van der Waals surface area contributed by atoms with E-state index < -0.39 is 12.1 Å². The second-order valence-corrected chi connectivity index (χ2v) is 6.09. The molecule has 2 aromatic rings. The Hall–Kier alpha value is -2.60. The zero-order valence-corrected chi connectivity index (χ0v) is 13.9. The largest absolute Gasteiger partial charge is 0.306 e. The molecule has 1 aromatic heterocycles. The van der Waals surface area contributed by atoms with Gasteiger partial charge in [-0.3, -0.25) is 9.69 Å². The molecule has 1 atom stereocenters. The van der Waals surface area contributed by atoms with Crippen molar-refractivity contribution in [2.75, 3.05) is 18.9 Å². The minimum absolute atomic E-state index is 0.130. The van der Waals surface area contributed by atoms with Crippen LogP contribution in [0.25, 0.3) is 6.08 Å². The Kier molecular flexibility index (Phi) is 5.19. The van der Waals surface area contributed by atoms with E-state index in [1.54, 1.807) is 48.4 Å². The number of likely N-dealkylation sites (tertiary alicyclic amines) is 1. The summed E-state index contributed by atoms with van der Waals surface area (Å²) < 4.78 is 27.7. The second-order valence-electron chi connectivity index (χ2n) is 6.09. The van der Waals surface area contributed by atoms with E-state index in [4.69, 9.17) is 0 Å². The van der Waals surface area contributed by atoms with Gasteiger partial charge in [0.25, 0.3) is 5.91 Å². The smallest absolute Gasteiger partial charge is 0.256 e. The van der Waals surface area contributed by atoms with Crippen LogP contribution in [0.5, 0.6) is 0 Å². The van der Waals surface area contributed by atoms with Crippen LogP contribution in [0.3, 0.4) is 0 Å². The predicted molar refractivity (Wildman–Crippen MR) is 93.3 cm³/mol. The molecule has 6 heteroatoms. The fourth-order valence-electron chi connectivity index (χ4n) is 2.71. The third-order valence-electron chi connectivity index (χ3n) is 4.13. The topological polar surface area (TPSA) is 45.2 Å². The Morgan fingerprint density at radius 3 is 2.80 bits per heavy atom. The van der Waals surface area contributed by atoms with Crippen molar-refractivity contribution in [3.8, 4) is 0 Å². The molecule has 1 saturated heterocycles. The van der Waals surface area contributed by atoms with Gasteiger partial charge in [0.2, 0.25) is 0 Å². The molecule has 0 spiro atoms. The van der Waals surface area contributed by atoms with Crippen LogP contribution in [0.2, 0.25) is 0 Å². The van der Waals surface area contributed by atoms with Crippen molar-refractivity contribution in [3.63, 3.8) is 0 Å². The van der Waals surface area contributed by atoms with Gasteiger partial charge in [-0.1, -0.05) is 23.8 Å². The number of carbonyl (C=O) groups is 1. The van der Waals surface area contributed by atoms with E-state index in [1.165, 1.54) is 6.07 Å². The molecular formula is C19H19F2N3O. The number of hydrogen-bond acceptors (Lipinski definition) is 3. The van der Waals surface area contributed by atoms with Crippen LogP contribution in [0.4, 0.5) is 14.6 Å². The first-order chi connectivity index (χ1) is 12.0. The molecule has 1 aliphatic rings. The fourth-order valence-corrected chi connectivity index (χ4v) is 2.71. The molecule has 1 aromatic carbocycles. The van der Waals surface area contributed by atoms with E-state index >= 15 is 0 Å². The van der Waals surface area contributed by atoms with Crippen molar-refractivity contribution < 1.29 is 13.6 Å². The van der Waals surface area contributed by atoms with Crippen LogP contribution in [0.15, 0.2) is 48.0 Å². The monoisotopic (exact) mass is 343 g/mol. The van der Waals surface area contributed by atoms with Crippen LogP contribution < -0.4 is 5.32 Å².